The standard InChI is InChI=1S/C17H16Br2N6/c1-9-6-11(18)4-5-13(9)21-17-20-8-12(19)16(23-17)22-15-7-14(24-25-15)10-2-3-10/h4-8,10H,2-3H2,1H3,(H3,20,21,22,23,24,25). The fourth-order valence-electron chi connectivity index (χ4n) is 2.53. The lowest BCUT2D eigenvalue weighted by Crippen LogP contribution is -2.02. The van der Waals surface area contributed by atoms with Crippen molar-refractivity contribution in [2.24, 2.45) is 0 Å². The zero-order valence-corrected chi connectivity index (χ0v) is 16.6. The van der Waals surface area contributed by atoms with Crippen molar-refractivity contribution in [1.29, 1.82) is 0 Å². The minimum Gasteiger partial charge on any atom is -0.324 e. The molecule has 0 saturated heterocycles. The molecule has 0 bridgehead atoms. The second-order valence-corrected chi connectivity index (χ2v) is 7.85. The molecule has 1 aliphatic rings. The Morgan fingerprint density at radius 1 is 1.16 bits per heavy atom. The highest BCUT2D eigenvalue weighted by Gasteiger charge is 2.25. The van der Waals surface area contributed by atoms with E-state index in [-0.39, 0.29) is 0 Å². The van der Waals surface area contributed by atoms with E-state index in [1.807, 2.05) is 31.2 Å². The summed E-state index contributed by atoms with van der Waals surface area (Å²) >= 11 is 6.96. The highest BCUT2D eigenvalue weighted by atomic mass is 79.9. The lowest BCUT2D eigenvalue weighted by atomic mass is 10.2. The van der Waals surface area contributed by atoms with E-state index >= 15 is 0 Å². The van der Waals surface area contributed by atoms with Crippen LogP contribution in [0.2, 0.25) is 0 Å². The monoisotopic (exact) mass is 462 g/mol. The molecule has 6 nitrogen and oxygen atoms in total. The van der Waals surface area contributed by atoms with Gasteiger partial charge in [0.25, 0.3) is 0 Å². The van der Waals surface area contributed by atoms with Crippen LogP contribution >= 0.6 is 31.9 Å². The molecule has 8 heteroatoms. The Morgan fingerprint density at radius 3 is 2.76 bits per heavy atom. The molecule has 25 heavy (non-hydrogen) atoms. The number of H-pyrrole nitrogens is 1. The lowest BCUT2D eigenvalue weighted by molar-refractivity contribution is 0.966. The van der Waals surface area contributed by atoms with E-state index in [1.54, 1.807) is 6.20 Å². The van der Waals surface area contributed by atoms with E-state index < -0.39 is 0 Å². The Balaban J connectivity index is 1.55. The highest BCUT2D eigenvalue weighted by Crippen LogP contribution is 2.39. The van der Waals surface area contributed by atoms with Gasteiger partial charge < -0.3 is 10.6 Å². The fourth-order valence-corrected chi connectivity index (χ4v) is 3.29. The third-order valence-corrected chi connectivity index (χ3v) is 5.11. The van der Waals surface area contributed by atoms with Gasteiger partial charge in [-0.15, -0.1) is 0 Å². The summed E-state index contributed by atoms with van der Waals surface area (Å²) in [6.07, 6.45) is 4.19. The van der Waals surface area contributed by atoms with Crippen molar-refractivity contribution >= 4 is 55.1 Å². The summed E-state index contributed by atoms with van der Waals surface area (Å²) in [6.45, 7) is 2.04. The molecule has 0 spiro atoms. The van der Waals surface area contributed by atoms with Gasteiger partial charge in [-0.25, -0.2) is 4.98 Å². The summed E-state index contributed by atoms with van der Waals surface area (Å²) in [6, 6.07) is 8.06. The van der Waals surface area contributed by atoms with E-state index in [2.05, 4.69) is 62.7 Å². The van der Waals surface area contributed by atoms with Gasteiger partial charge in [0.15, 0.2) is 11.6 Å². The second kappa shape index (κ2) is 6.76. The van der Waals surface area contributed by atoms with Crippen LogP contribution in [0.3, 0.4) is 0 Å². The number of benzene rings is 1. The van der Waals surface area contributed by atoms with Crippen molar-refractivity contribution in [3.8, 4) is 0 Å². The number of hydrogen-bond acceptors (Lipinski definition) is 5. The number of halogens is 2. The maximum atomic E-state index is 4.55. The minimum absolute atomic E-state index is 0.522. The summed E-state index contributed by atoms with van der Waals surface area (Å²) in [4.78, 5) is 8.88. The van der Waals surface area contributed by atoms with Crippen LogP contribution in [0, 0.1) is 6.92 Å². The number of rotatable bonds is 5. The Hall–Kier alpha value is -1.93. The summed E-state index contributed by atoms with van der Waals surface area (Å²) in [5, 5.41) is 13.9. The molecule has 1 fully saturated rings. The average molecular weight is 464 g/mol. The van der Waals surface area contributed by atoms with Gasteiger partial charge >= 0.3 is 0 Å². The van der Waals surface area contributed by atoms with Crippen molar-refractivity contribution in [1.82, 2.24) is 20.2 Å². The van der Waals surface area contributed by atoms with Crippen molar-refractivity contribution < 1.29 is 0 Å². The van der Waals surface area contributed by atoms with Crippen molar-refractivity contribution in [3.05, 3.63) is 50.7 Å². The fraction of sp³-hybridized carbons (Fsp3) is 0.235. The van der Waals surface area contributed by atoms with Crippen molar-refractivity contribution in [2.45, 2.75) is 25.7 Å². The van der Waals surface area contributed by atoms with Gasteiger partial charge in [0, 0.05) is 34.0 Å². The van der Waals surface area contributed by atoms with Gasteiger partial charge in [-0.1, -0.05) is 15.9 Å². The zero-order valence-electron chi connectivity index (χ0n) is 13.5. The summed E-state index contributed by atoms with van der Waals surface area (Å²) in [5.41, 5.74) is 3.25. The summed E-state index contributed by atoms with van der Waals surface area (Å²) in [7, 11) is 0. The molecule has 1 saturated carbocycles. The second-order valence-electron chi connectivity index (χ2n) is 6.08. The summed E-state index contributed by atoms with van der Waals surface area (Å²) in [5.74, 6) is 2.58. The molecule has 2 aromatic heterocycles. The van der Waals surface area contributed by atoms with Crippen molar-refractivity contribution in [3.63, 3.8) is 0 Å². The molecule has 1 aliphatic carbocycles. The van der Waals surface area contributed by atoms with E-state index in [9.17, 15) is 0 Å². The largest absolute Gasteiger partial charge is 0.324 e. The lowest BCUT2D eigenvalue weighted by Gasteiger charge is -2.10. The van der Waals surface area contributed by atoms with Crippen LogP contribution in [0.15, 0.2) is 39.4 Å². The Labute approximate surface area is 162 Å². The first-order valence-corrected chi connectivity index (χ1v) is 9.55. The first-order chi connectivity index (χ1) is 12.1. The van der Waals surface area contributed by atoms with Crippen LogP contribution in [0.1, 0.15) is 30.0 Å². The molecule has 1 aromatic carbocycles. The molecule has 0 radical (unpaired) electrons. The average Bonchev–Trinajstić information content (AvgIpc) is 3.33. The predicted octanol–water partition coefficient (Wildman–Crippen LogP) is 5.40. The Kier molecular flexibility index (Phi) is 4.47. The number of aromatic nitrogens is 4. The molecule has 3 aromatic rings. The number of nitrogens with one attached hydrogen (secondary N) is 3. The highest BCUT2D eigenvalue weighted by molar-refractivity contribution is 9.10. The van der Waals surface area contributed by atoms with Gasteiger partial charge in [-0.3, -0.25) is 5.10 Å². The molecule has 4 rings (SSSR count). The maximum absolute atomic E-state index is 4.55. The summed E-state index contributed by atoms with van der Waals surface area (Å²) < 4.78 is 1.82. The van der Waals surface area contributed by atoms with Gasteiger partial charge in [0.2, 0.25) is 5.95 Å². The first kappa shape index (κ1) is 16.5. The van der Waals surface area contributed by atoms with E-state index in [0.29, 0.717) is 17.7 Å². The molecule has 128 valence electrons. The molecule has 0 amide bonds. The smallest absolute Gasteiger partial charge is 0.229 e. The molecular weight excluding hydrogens is 448 g/mol. The number of hydrogen-bond donors (Lipinski definition) is 3. The van der Waals surface area contributed by atoms with Crippen LogP contribution in [0.4, 0.5) is 23.3 Å². The third-order valence-electron chi connectivity index (χ3n) is 4.04. The van der Waals surface area contributed by atoms with E-state index in [4.69, 9.17) is 0 Å². The molecular formula is C17H16Br2N6. The SMILES string of the molecule is Cc1cc(Br)ccc1Nc1ncc(Br)c(Nc2cc(C3CC3)[nH]n2)n1. The van der Waals surface area contributed by atoms with Gasteiger partial charge in [-0.05, 0) is 59.5 Å². The maximum Gasteiger partial charge on any atom is 0.229 e. The number of aromatic amines is 1. The quantitative estimate of drug-likeness (QED) is 0.472. The normalized spacial score (nSPS) is 13.7. The molecule has 2 heterocycles. The van der Waals surface area contributed by atoms with Gasteiger partial charge in [0.05, 0.1) is 4.47 Å². The van der Waals surface area contributed by atoms with Crippen LogP contribution in [-0.2, 0) is 0 Å². The van der Waals surface area contributed by atoms with Gasteiger partial charge in [-0.2, -0.15) is 10.1 Å². The minimum atomic E-state index is 0.522. The molecule has 0 unspecified atom stereocenters. The number of aryl methyl sites for hydroxylation is 1. The zero-order chi connectivity index (χ0) is 17.4. The van der Waals surface area contributed by atoms with Crippen LogP contribution in [-0.4, -0.2) is 20.2 Å². The number of nitrogens with zero attached hydrogens (tertiary/aromatic N) is 3. The Bertz CT molecular complexity index is 919. The molecule has 0 atom stereocenters. The van der Waals surface area contributed by atoms with E-state index in [0.717, 1.165) is 26.0 Å². The van der Waals surface area contributed by atoms with Crippen LogP contribution < -0.4 is 10.6 Å². The Morgan fingerprint density at radius 2 is 2.00 bits per heavy atom. The van der Waals surface area contributed by atoms with Crippen LogP contribution in [0.5, 0.6) is 0 Å². The predicted molar refractivity (Wildman–Crippen MR) is 106 cm³/mol. The topological polar surface area (TPSA) is 78.5 Å². The van der Waals surface area contributed by atoms with Gasteiger partial charge in [0.1, 0.15) is 0 Å². The third kappa shape index (κ3) is 3.85. The number of anilines is 4. The van der Waals surface area contributed by atoms with Crippen molar-refractivity contribution in [2.75, 3.05) is 10.6 Å². The first-order valence-electron chi connectivity index (χ1n) is 7.96. The molecule has 0 aliphatic heterocycles. The molecule has 3 N–H and O–H groups in total. The van der Waals surface area contributed by atoms with E-state index in [1.165, 1.54) is 18.5 Å². The van der Waals surface area contributed by atoms with Crippen LogP contribution in [0.25, 0.3) is 0 Å².